The van der Waals surface area contributed by atoms with Crippen molar-refractivity contribution in [1.29, 1.82) is 0 Å². The molecule has 336 valence electrons. The Morgan fingerprint density at radius 3 is 1.03 bits per heavy atom. The van der Waals surface area contributed by atoms with Gasteiger partial charge in [0.2, 0.25) is 0 Å². The molecule has 0 bridgehead atoms. The number of benzene rings is 10. The maximum atomic E-state index is 7.03. The molecule has 69 heavy (non-hydrogen) atoms. The highest BCUT2D eigenvalue weighted by molar-refractivity contribution is 6.31. The first-order valence-corrected chi connectivity index (χ1v) is 24.2. The lowest BCUT2D eigenvalue weighted by atomic mass is 9.92. The number of rotatable bonds is 11. The van der Waals surface area contributed by atoms with E-state index in [1.54, 1.807) is 0 Å². The smallest absolute Gasteiger partial charge is 0.0618 e. The quantitative estimate of drug-likeness (QED) is 0.128. The molecule has 0 heterocycles. The first-order chi connectivity index (χ1) is 33.6. The van der Waals surface area contributed by atoms with Crippen molar-refractivity contribution in [3.63, 3.8) is 0 Å². The van der Waals surface area contributed by atoms with Gasteiger partial charge in [0, 0.05) is 44.6 Å². The lowest BCUT2D eigenvalue weighted by Gasteiger charge is -2.33. The molecule has 0 saturated carbocycles. The van der Waals surface area contributed by atoms with Gasteiger partial charge in [-0.25, -0.2) is 0 Å². The Hall–Kier alpha value is -7.91. The molecule has 10 rings (SSSR count). The van der Waals surface area contributed by atoms with Gasteiger partial charge in [-0.05, 0) is 180 Å². The van der Waals surface area contributed by atoms with Crippen molar-refractivity contribution in [2.45, 2.75) is 41.5 Å². The molecule has 0 aliphatic rings. The average molecular weight is 912 g/mol. The number of anilines is 6. The lowest BCUT2D eigenvalue weighted by molar-refractivity contribution is 1.24. The average Bonchev–Trinajstić information content (AvgIpc) is 3.35. The van der Waals surface area contributed by atoms with Gasteiger partial charge in [-0.1, -0.05) is 175 Å². The molecule has 0 aromatic heterocycles. The minimum atomic E-state index is 0.662. The molecule has 10 aromatic carbocycles. The van der Waals surface area contributed by atoms with Crippen LogP contribution < -0.4 is 9.80 Å². The highest BCUT2D eigenvalue weighted by Crippen LogP contribution is 2.50. The van der Waals surface area contributed by atoms with E-state index < -0.39 is 0 Å². The second-order valence-electron chi connectivity index (χ2n) is 18.2. The van der Waals surface area contributed by atoms with E-state index in [0.717, 1.165) is 61.9 Å². The van der Waals surface area contributed by atoms with Crippen LogP contribution in [0, 0.1) is 41.5 Å². The summed E-state index contributed by atoms with van der Waals surface area (Å²) < 4.78 is 0. The lowest BCUT2D eigenvalue weighted by Crippen LogP contribution is -2.15. The highest BCUT2D eigenvalue weighted by Gasteiger charge is 2.26. The molecule has 0 radical (unpaired) electrons. The van der Waals surface area contributed by atoms with Crippen LogP contribution in [0.25, 0.3) is 55.6 Å². The van der Waals surface area contributed by atoms with Crippen molar-refractivity contribution in [1.82, 2.24) is 0 Å². The Morgan fingerprint density at radius 2 is 0.594 bits per heavy atom. The van der Waals surface area contributed by atoms with Crippen molar-refractivity contribution in [2.24, 2.45) is 0 Å². The van der Waals surface area contributed by atoms with Gasteiger partial charge in [0.25, 0.3) is 0 Å². The molecule has 10 aromatic rings. The highest BCUT2D eigenvalue weighted by atomic mass is 35.5. The number of para-hydroxylation sites is 1. The standard InChI is InChI=1S/C66H55ClN2/c1-44-20-13-21-45(2)63(44)52-30-16-33-56(38-52)68(57-34-17-31-53(39-57)64-46(3)22-14-23-47(64)4)59-40-54(65-48(5)24-15-25-49(65)6)41-60(43-59)69(58-35-18-32-55(67)42-58)66-61(50-26-9-7-10-27-50)36-19-37-62(66)51-28-11-8-12-29-51/h7-43H,1-6H3. The van der Waals surface area contributed by atoms with E-state index in [-0.39, 0.29) is 0 Å². The fraction of sp³-hybridized carbons (Fsp3) is 0.0909. The van der Waals surface area contributed by atoms with Gasteiger partial charge in [-0.15, -0.1) is 0 Å². The van der Waals surface area contributed by atoms with E-state index in [0.29, 0.717) is 5.02 Å². The first-order valence-electron chi connectivity index (χ1n) is 23.8. The molecule has 0 unspecified atom stereocenters. The number of hydrogen-bond donors (Lipinski definition) is 0. The Labute approximate surface area is 413 Å². The van der Waals surface area contributed by atoms with Gasteiger partial charge in [0.1, 0.15) is 0 Å². The van der Waals surface area contributed by atoms with Crippen LogP contribution in [0.3, 0.4) is 0 Å². The molecule has 0 amide bonds. The summed E-state index contributed by atoms with van der Waals surface area (Å²) in [5.74, 6) is 0. The van der Waals surface area contributed by atoms with Crippen LogP contribution in [0.4, 0.5) is 34.1 Å². The van der Waals surface area contributed by atoms with Crippen molar-refractivity contribution in [3.8, 4) is 55.6 Å². The fourth-order valence-electron chi connectivity index (χ4n) is 10.4. The monoisotopic (exact) mass is 910 g/mol. The summed E-state index contributed by atoms with van der Waals surface area (Å²) in [4.78, 5) is 4.88. The van der Waals surface area contributed by atoms with E-state index in [1.165, 1.54) is 61.2 Å². The maximum absolute atomic E-state index is 7.03. The summed E-state index contributed by atoms with van der Waals surface area (Å²) in [5, 5.41) is 0.662. The molecule has 0 saturated heterocycles. The predicted octanol–water partition coefficient (Wildman–Crippen LogP) is 19.5. The molecule has 0 N–H and O–H groups in total. The zero-order chi connectivity index (χ0) is 47.6. The zero-order valence-electron chi connectivity index (χ0n) is 40.1. The zero-order valence-corrected chi connectivity index (χ0v) is 40.9. The molecular weight excluding hydrogens is 856 g/mol. The molecule has 0 spiro atoms. The SMILES string of the molecule is Cc1cccc(C)c1-c1cccc(N(c2cccc(-c3c(C)cccc3C)c2)c2cc(-c3c(C)cccc3C)cc(N(c3cccc(Cl)c3)c3c(-c4ccccc4)cccc3-c3ccccc3)c2)c1. The normalized spacial score (nSPS) is 11.1. The van der Waals surface area contributed by atoms with Crippen LogP contribution in [-0.4, -0.2) is 0 Å². The summed E-state index contributed by atoms with van der Waals surface area (Å²) in [7, 11) is 0. The predicted molar refractivity (Wildman–Crippen MR) is 296 cm³/mol. The Balaban J connectivity index is 1.32. The second-order valence-corrected chi connectivity index (χ2v) is 18.7. The summed E-state index contributed by atoms with van der Waals surface area (Å²) >= 11 is 7.03. The second kappa shape index (κ2) is 19.4. The van der Waals surface area contributed by atoms with E-state index in [9.17, 15) is 0 Å². The van der Waals surface area contributed by atoms with Gasteiger partial charge in [0.05, 0.1) is 5.69 Å². The van der Waals surface area contributed by atoms with Crippen molar-refractivity contribution in [2.75, 3.05) is 9.80 Å². The van der Waals surface area contributed by atoms with Gasteiger partial charge >= 0.3 is 0 Å². The molecular formula is C66H55ClN2. The summed E-state index contributed by atoms with van der Waals surface area (Å²) in [6.07, 6.45) is 0. The van der Waals surface area contributed by atoms with Crippen molar-refractivity contribution in [3.05, 3.63) is 263 Å². The Morgan fingerprint density at radius 1 is 0.261 bits per heavy atom. The molecule has 0 aliphatic heterocycles. The third-order valence-corrected chi connectivity index (χ3v) is 13.7. The molecule has 0 fully saturated rings. The van der Waals surface area contributed by atoms with Gasteiger partial charge in [0.15, 0.2) is 0 Å². The van der Waals surface area contributed by atoms with Crippen molar-refractivity contribution < 1.29 is 0 Å². The van der Waals surface area contributed by atoms with Crippen LogP contribution >= 0.6 is 11.6 Å². The number of nitrogens with zero attached hydrogens (tertiary/aromatic N) is 2. The number of hydrogen-bond acceptors (Lipinski definition) is 2. The third kappa shape index (κ3) is 9.00. The van der Waals surface area contributed by atoms with E-state index in [4.69, 9.17) is 11.6 Å². The van der Waals surface area contributed by atoms with Crippen LogP contribution in [0.1, 0.15) is 33.4 Å². The van der Waals surface area contributed by atoms with Crippen LogP contribution in [0.2, 0.25) is 5.02 Å². The van der Waals surface area contributed by atoms with Crippen LogP contribution in [0.5, 0.6) is 0 Å². The Kier molecular flexibility index (Phi) is 12.6. The number of aryl methyl sites for hydroxylation is 6. The fourth-order valence-corrected chi connectivity index (χ4v) is 10.5. The van der Waals surface area contributed by atoms with Crippen molar-refractivity contribution >= 4 is 45.7 Å². The minimum absolute atomic E-state index is 0.662. The minimum Gasteiger partial charge on any atom is -0.310 e. The summed E-state index contributed by atoms with van der Waals surface area (Å²) in [6.45, 7) is 13.3. The maximum Gasteiger partial charge on any atom is 0.0618 e. The van der Waals surface area contributed by atoms with Crippen LogP contribution in [0.15, 0.2) is 224 Å². The van der Waals surface area contributed by atoms with E-state index in [2.05, 4.69) is 270 Å². The van der Waals surface area contributed by atoms with Gasteiger partial charge < -0.3 is 9.80 Å². The molecule has 2 nitrogen and oxygen atoms in total. The Bertz CT molecular complexity index is 3270. The first kappa shape index (κ1) is 44.9. The van der Waals surface area contributed by atoms with Gasteiger partial charge in [-0.2, -0.15) is 0 Å². The summed E-state index contributed by atoms with van der Waals surface area (Å²) in [6, 6.07) is 81.4. The largest absolute Gasteiger partial charge is 0.310 e. The summed E-state index contributed by atoms with van der Waals surface area (Å²) in [5.41, 5.74) is 25.2. The topological polar surface area (TPSA) is 6.48 Å². The van der Waals surface area contributed by atoms with E-state index in [1.807, 2.05) is 6.07 Å². The molecule has 0 aliphatic carbocycles. The van der Waals surface area contributed by atoms with Crippen LogP contribution in [-0.2, 0) is 0 Å². The van der Waals surface area contributed by atoms with Gasteiger partial charge in [-0.3, -0.25) is 0 Å². The number of halogens is 1. The molecule has 0 atom stereocenters. The molecule has 3 heteroatoms. The third-order valence-electron chi connectivity index (χ3n) is 13.4. The van der Waals surface area contributed by atoms with E-state index >= 15 is 0 Å².